The Hall–Kier alpha value is -0.570. The fourth-order valence-corrected chi connectivity index (χ4v) is 2.42. The average Bonchev–Trinajstić information content (AvgIpc) is 1.78. The minimum atomic E-state index is -0.0295. The molecule has 0 aromatic carbocycles. The van der Waals surface area contributed by atoms with Gasteiger partial charge in [-0.25, -0.2) is 0 Å². The van der Waals surface area contributed by atoms with Crippen molar-refractivity contribution in [3.8, 4) is 0 Å². The Balaban J connectivity index is 2.86. The van der Waals surface area contributed by atoms with Gasteiger partial charge in [0.15, 0.2) is 0 Å². The third kappa shape index (κ3) is 2.02. The molecule has 1 aliphatic rings. The highest BCUT2D eigenvalue weighted by atomic mass is 16.2. The van der Waals surface area contributed by atoms with Gasteiger partial charge >= 0.3 is 0 Å². The molecule has 3 heteroatoms. The number of carbonyl (C=O) groups is 1. The average molecular weight is 184 g/mol. The minimum absolute atomic E-state index is 0.0295. The molecule has 0 unspecified atom stereocenters. The van der Waals surface area contributed by atoms with Gasteiger partial charge in [0.25, 0.3) is 0 Å². The summed E-state index contributed by atoms with van der Waals surface area (Å²) in [6.07, 6.45) is 0. The van der Waals surface area contributed by atoms with Gasteiger partial charge in [0.1, 0.15) is 0 Å². The zero-order valence-electron chi connectivity index (χ0n) is 9.29. The largest absolute Gasteiger partial charge is 0.333 e. The number of nitrogens with zero attached hydrogens (tertiary/aromatic N) is 2. The van der Waals surface area contributed by atoms with Crippen LogP contribution < -0.4 is 0 Å². The summed E-state index contributed by atoms with van der Waals surface area (Å²) in [5, 5.41) is 0. The van der Waals surface area contributed by atoms with E-state index < -0.39 is 0 Å². The fourth-order valence-electron chi connectivity index (χ4n) is 2.42. The maximum absolute atomic E-state index is 11.7. The molecule has 13 heavy (non-hydrogen) atoms. The van der Waals surface area contributed by atoms with E-state index in [0.717, 1.165) is 6.54 Å². The van der Waals surface area contributed by atoms with E-state index in [9.17, 15) is 4.79 Å². The van der Waals surface area contributed by atoms with Crippen LogP contribution in [0.2, 0.25) is 0 Å². The van der Waals surface area contributed by atoms with Crippen molar-refractivity contribution >= 4 is 5.91 Å². The van der Waals surface area contributed by atoms with E-state index in [0.29, 0.717) is 12.6 Å². The van der Waals surface area contributed by atoms with Crippen LogP contribution in [0.25, 0.3) is 0 Å². The van der Waals surface area contributed by atoms with Gasteiger partial charge in [-0.2, -0.15) is 0 Å². The van der Waals surface area contributed by atoms with Gasteiger partial charge in [0, 0.05) is 12.6 Å². The summed E-state index contributed by atoms with van der Waals surface area (Å²) in [4.78, 5) is 15.8. The predicted octanol–water partition coefficient (Wildman–Crippen LogP) is 0.947. The van der Waals surface area contributed by atoms with Crippen LogP contribution in [0.1, 0.15) is 27.7 Å². The summed E-state index contributed by atoms with van der Waals surface area (Å²) in [5.41, 5.74) is -0.0295. The number of piperazine rings is 1. The van der Waals surface area contributed by atoms with Crippen LogP contribution in [-0.4, -0.2) is 47.4 Å². The number of hydrogen-bond donors (Lipinski definition) is 0. The molecule has 0 atom stereocenters. The fraction of sp³-hybridized carbons (Fsp3) is 0.900. The van der Waals surface area contributed by atoms with Crippen molar-refractivity contribution < 1.29 is 4.79 Å². The second-order valence-corrected chi connectivity index (χ2v) is 4.84. The van der Waals surface area contributed by atoms with E-state index in [1.807, 2.05) is 11.9 Å². The Morgan fingerprint density at radius 3 is 2.31 bits per heavy atom. The quantitative estimate of drug-likeness (QED) is 0.605. The van der Waals surface area contributed by atoms with Crippen molar-refractivity contribution in [3.05, 3.63) is 0 Å². The summed E-state index contributed by atoms with van der Waals surface area (Å²) in [5.74, 6) is 0.244. The molecule has 3 nitrogen and oxygen atoms in total. The minimum Gasteiger partial charge on any atom is -0.333 e. The molecule has 0 saturated carbocycles. The molecule has 1 aliphatic heterocycles. The Labute approximate surface area is 80.7 Å². The van der Waals surface area contributed by atoms with E-state index in [1.54, 1.807) is 0 Å². The second-order valence-electron chi connectivity index (χ2n) is 4.84. The topological polar surface area (TPSA) is 23.6 Å². The van der Waals surface area contributed by atoms with Crippen molar-refractivity contribution in [2.45, 2.75) is 39.3 Å². The number of hydrogen-bond acceptors (Lipinski definition) is 2. The SMILES string of the molecule is CC(C)N1C(=O)CN(C)CC1(C)C. The highest BCUT2D eigenvalue weighted by Gasteiger charge is 2.38. The molecule has 0 radical (unpaired) electrons. The Morgan fingerprint density at radius 1 is 1.38 bits per heavy atom. The standard InChI is InChI=1S/C10H20N2O/c1-8(2)12-9(13)6-11(5)7-10(12,3)4/h8H,6-7H2,1-5H3. The molecular formula is C10H20N2O. The highest BCUT2D eigenvalue weighted by molar-refractivity contribution is 5.80. The number of rotatable bonds is 1. The number of amides is 1. The monoisotopic (exact) mass is 184 g/mol. The van der Waals surface area contributed by atoms with Crippen LogP contribution in [0.4, 0.5) is 0 Å². The van der Waals surface area contributed by atoms with E-state index in [2.05, 4.69) is 32.6 Å². The molecule has 0 aliphatic carbocycles. The molecule has 1 saturated heterocycles. The lowest BCUT2D eigenvalue weighted by Crippen LogP contribution is -2.63. The first-order valence-corrected chi connectivity index (χ1v) is 4.85. The number of likely N-dealkylation sites (N-methyl/N-ethyl adjacent to an activating group) is 1. The first kappa shape index (κ1) is 10.5. The lowest BCUT2D eigenvalue weighted by atomic mass is 9.97. The maximum Gasteiger partial charge on any atom is 0.237 e. The van der Waals surface area contributed by atoms with Crippen molar-refractivity contribution in [2.24, 2.45) is 0 Å². The lowest BCUT2D eigenvalue weighted by molar-refractivity contribution is -0.146. The van der Waals surface area contributed by atoms with Gasteiger partial charge in [-0.15, -0.1) is 0 Å². The molecule has 0 bridgehead atoms. The lowest BCUT2D eigenvalue weighted by Gasteiger charge is -2.48. The molecule has 76 valence electrons. The molecular weight excluding hydrogens is 164 g/mol. The van der Waals surface area contributed by atoms with Crippen LogP contribution in [0.5, 0.6) is 0 Å². The van der Waals surface area contributed by atoms with Crippen LogP contribution in [0, 0.1) is 0 Å². The van der Waals surface area contributed by atoms with Crippen LogP contribution in [-0.2, 0) is 4.79 Å². The van der Waals surface area contributed by atoms with E-state index >= 15 is 0 Å². The Bertz CT molecular complexity index is 211. The normalized spacial score (nSPS) is 24.2. The third-order valence-electron chi connectivity index (χ3n) is 2.50. The molecule has 1 heterocycles. The summed E-state index contributed by atoms with van der Waals surface area (Å²) in [7, 11) is 2.00. The van der Waals surface area contributed by atoms with Gasteiger partial charge in [-0.1, -0.05) is 0 Å². The smallest absolute Gasteiger partial charge is 0.237 e. The molecule has 0 spiro atoms. The Kier molecular flexibility index (Phi) is 2.66. The molecule has 0 aromatic rings. The van der Waals surface area contributed by atoms with E-state index in [1.165, 1.54) is 0 Å². The van der Waals surface area contributed by atoms with Crippen molar-refractivity contribution in [2.75, 3.05) is 20.1 Å². The summed E-state index contributed by atoms with van der Waals surface area (Å²) < 4.78 is 0. The van der Waals surface area contributed by atoms with Crippen LogP contribution in [0.15, 0.2) is 0 Å². The zero-order chi connectivity index (χ0) is 10.2. The van der Waals surface area contributed by atoms with Gasteiger partial charge in [0.05, 0.1) is 12.1 Å². The molecule has 0 N–H and O–H groups in total. The maximum atomic E-state index is 11.7. The summed E-state index contributed by atoms with van der Waals surface area (Å²) >= 11 is 0. The second kappa shape index (κ2) is 3.29. The zero-order valence-corrected chi connectivity index (χ0v) is 9.29. The highest BCUT2D eigenvalue weighted by Crippen LogP contribution is 2.23. The van der Waals surface area contributed by atoms with Crippen molar-refractivity contribution in [1.82, 2.24) is 9.80 Å². The predicted molar refractivity (Wildman–Crippen MR) is 53.6 cm³/mol. The van der Waals surface area contributed by atoms with Gasteiger partial charge in [-0.05, 0) is 34.7 Å². The molecule has 1 rings (SSSR count). The third-order valence-corrected chi connectivity index (χ3v) is 2.50. The van der Waals surface area contributed by atoms with Crippen molar-refractivity contribution in [3.63, 3.8) is 0 Å². The summed E-state index contributed by atoms with van der Waals surface area (Å²) in [6.45, 7) is 9.91. The molecule has 1 amide bonds. The summed E-state index contributed by atoms with van der Waals surface area (Å²) in [6, 6.07) is 0.302. The first-order valence-electron chi connectivity index (χ1n) is 4.85. The van der Waals surface area contributed by atoms with Crippen molar-refractivity contribution in [1.29, 1.82) is 0 Å². The number of carbonyl (C=O) groups excluding carboxylic acids is 1. The first-order chi connectivity index (χ1) is 5.84. The van der Waals surface area contributed by atoms with Gasteiger partial charge < -0.3 is 4.90 Å². The molecule has 1 fully saturated rings. The van der Waals surface area contributed by atoms with Crippen LogP contribution in [0.3, 0.4) is 0 Å². The van der Waals surface area contributed by atoms with E-state index in [4.69, 9.17) is 0 Å². The van der Waals surface area contributed by atoms with E-state index in [-0.39, 0.29) is 11.4 Å². The molecule has 0 aromatic heterocycles. The van der Waals surface area contributed by atoms with Crippen LogP contribution >= 0.6 is 0 Å². The van der Waals surface area contributed by atoms with Gasteiger partial charge in [0.2, 0.25) is 5.91 Å². The van der Waals surface area contributed by atoms with Gasteiger partial charge in [-0.3, -0.25) is 9.69 Å². The Morgan fingerprint density at radius 2 is 1.92 bits per heavy atom.